The van der Waals surface area contributed by atoms with E-state index in [1.54, 1.807) is 0 Å². The number of nitrogens with one attached hydrogen (secondary N) is 3. The Hall–Kier alpha value is -2.56. The lowest BCUT2D eigenvalue weighted by molar-refractivity contribution is 0.861. The maximum atomic E-state index is 4.58. The molecule has 3 N–H and O–H groups in total. The Morgan fingerprint density at radius 3 is 2.14 bits per heavy atom. The average molecular weight is 291 g/mol. The van der Waals surface area contributed by atoms with Gasteiger partial charge in [0.25, 0.3) is 0 Å². The molecule has 0 bridgehead atoms. The summed E-state index contributed by atoms with van der Waals surface area (Å²) in [6, 6.07) is 8.80. The SMILES string of the molecule is c1c2c(cc3c1NCCN3)Nc1cc3c(cc1C2)=NCCN=3. The first kappa shape index (κ1) is 12.0. The Bertz CT molecular complexity index is 826. The van der Waals surface area contributed by atoms with E-state index >= 15 is 0 Å². The molecule has 0 unspecified atom stereocenters. The summed E-state index contributed by atoms with van der Waals surface area (Å²) in [6.07, 6.45) is 0.940. The molecule has 0 saturated carbocycles. The van der Waals surface area contributed by atoms with Crippen molar-refractivity contribution in [1.29, 1.82) is 0 Å². The molecule has 3 heterocycles. The van der Waals surface area contributed by atoms with E-state index < -0.39 is 0 Å². The molecule has 0 atom stereocenters. The fourth-order valence-electron chi connectivity index (χ4n) is 3.42. The fourth-order valence-corrected chi connectivity index (χ4v) is 3.42. The molecule has 0 fully saturated rings. The number of rotatable bonds is 0. The first-order valence-electron chi connectivity index (χ1n) is 7.80. The van der Waals surface area contributed by atoms with Gasteiger partial charge in [-0.15, -0.1) is 0 Å². The van der Waals surface area contributed by atoms with E-state index in [-0.39, 0.29) is 0 Å². The lowest BCUT2D eigenvalue weighted by Gasteiger charge is -2.27. The van der Waals surface area contributed by atoms with Gasteiger partial charge in [0.05, 0.1) is 35.2 Å². The predicted octanol–water partition coefficient (Wildman–Crippen LogP) is 1.42. The van der Waals surface area contributed by atoms with Gasteiger partial charge in [-0.1, -0.05) is 0 Å². The molecule has 3 aliphatic rings. The number of fused-ring (bicyclic) bond motifs is 4. The molecule has 0 aliphatic carbocycles. The zero-order chi connectivity index (χ0) is 14.5. The first-order chi connectivity index (χ1) is 10.9. The number of hydrogen-bond acceptors (Lipinski definition) is 5. The van der Waals surface area contributed by atoms with Crippen molar-refractivity contribution >= 4 is 22.7 Å². The van der Waals surface area contributed by atoms with Crippen LogP contribution in [0.3, 0.4) is 0 Å². The van der Waals surface area contributed by atoms with Gasteiger partial charge in [0.1, 0.15) is 0 Å². The molecule has 5 nitrogen and oxygen atoms in total. The summed E-state index contributed by atoms with van der Waals surface area (Å²) in [5, 5.41) is 12.5. The van der Waals surface area contributed by atoms with Crippen LogP contribution in [0.2, 0.25) is 0 Å². The third-order valence-corrected chi connectivity index (χ3v) is 4.51. The maximum absolute atomic E-state index is 4.58. The molecule has 2 aromatic rings. The highest BCUT2D eigenvalue weighted by Crippen LogP contribution is 2.37. The Morgan fingerprint density at radius 1 is 0.682 bits per heavy atom. The number of anilines is 4. The van der Waals surface area contributed by atoms with Gasteiger partial charge in [-0.2, -0.15) is 0 Å². The minimum atomic E-state index is 0.797. The van der Waals surface area contributed by atoms with Crippen molar-refractivity contribution in [3.8, 4) is 0 Å². The van der Waals surface area contributed by atoms with E-state index in [9.17, 15) is 0 Å². The highest BCUT2D eigenvalue weighted by Gasteiger charge is 2.19. The van der Waals surface area contributed by atoms with Crippen molar-refractivity contribution in [2.75, 3.05) is 42.1 Å². The second-order valence-electron chi connectivity index (χ2n) is 5.97. The van der Waals surface area contributed by atoms with E-state index in [1.807, 2.05) is 0 Å². The lowest BCUT2D eigenvalue weighted by Crippen LogP contribution is -2.31. The number of nitrogens with zero attached hydrogens (tertiary/aromatic N) is 2. The smallest absolute Gasteiger partial charge is 0.0848 e. The molecule has 22 heavy (non-hydrogen) atoms. The fraction of sp³-hybridized carbons (Fsp3) is 0.294. The third-order valence-electron chi connectivity index (χ3n) is 4.51. The molecule has 5 rings (SSSR count). The first-order valence-corrected chi connectivity index (χ1v) is 7.80. The highest BCUT2D eigenvalue weighted by atomic mass is 15.0. The minimum absolute atomic E-state index is 0.797. The molecule has 110 valence electrons. The van der Waals surface area contributed by atoms with E-state index in [4.69, 9.17) is 0 Å². The quantitative estimate of drug-likeness (QED) is 0.587. The summed E-state index contributed by atoms with van der Waals surface area (Å²) in [6.45, 7) is 3.55. The van der Waals surface area contributed by atoms with Crippen LogP contribution in [0.15, 0.2) is 34.3 Å². The third kappa shape index (κ3) is 1.78. The van der Waals surface area contributed by atoms with Crippen LogP contribution in [-0.2, 0) is 6.42 Å². The lowest BCUT2D eigenvalue weighted by atomic mass is 9.95. The molecule has 5 heteroatoms. The standard InChI is InChI=1S/C17H17N5/c1-3-20-16-8-12-10(6-14(16)18-1)5-11-7-15-17(9-13(11)22-12)21-4-2-19-15/h6-9,18,20,22H,1-5H2. The van der Waals surface area contributed by atoms with Crippen molar-refractivity contribution in [1.82, 2.24) is 0 Å². The van der Waals surface area contributed by atoms with Crippen molar-refractivity contribution in [2.45, 2.75) is 6.42 Å². The van der Waals surface area contributed by atoms with Crippen LogP contribution >= 0.6 is 0 Å². The monoisotopic (exact) mass is 291 g/mol. The highest BCUT2D eigenvalue weighted by molar-refractivity contribution is 5.82. The van der Waals surface area contributed by atoms with Crippen LogP contribution < -0.4 is 26.7 Å². The van der Waals surface area contributed by atoms with Gasteiger partial charge in [-0.3, -0.25) is 9.98 Å². The van der Waals surface area contributed by atoms with Crippen molar-refractivity contribution < 1.29 is 0 Å². The average Bonchev–Trinajstić information content (AvgIpc) is 2.56. The Morgan fingerprint density at radius 2 is 1.32 bits per heavy atom. The van der Waals surface area contributed by atoms with Gasteiger partial charge >= 0.3 is 0 Å². The van der Waals surface area contributed by atoms with E-state index in [1.165, 1.54) is 28.2 Å². The van der Waals surface area contributed by atoms with Crippen LogP contribution in [0.5, 0.6) is 0 Å². The molecule has 0 amide bonds. The summed E-state index contributed by atoms with van der Waals surface area (Å²) in [7, 11) is 0. The predicted molar refractivity (Wildman–Crippen MR) is 88.0 cm³/mol. The summed E-state index contributed by atoms with van der Waals surface area (Å²) >= 11 is 0. The van der Waals surface area contributed by atoms with Crippen molar-refractivity contribution in [3.05, 3.63) is 46.1 Å². The Balaban J connectivity index is 1.64. The van der Waals surface area contributed by atoms with Crippen LogP contribution in [0, 0.1) is 0 Å². The molecular weight excluding hydrogens is 274 g/mol. The summed E-state index contributed by atoms with van der Waals surface area (Å²) in [5.41, 5.74) is 7.36. The van der Waals surface area contributed by atoms with Crippen LogP contribution in [-0.4, -0.2) is 26.2 Å². The molecule has 0 saturated heterocycles. The second-order valence-corrected chi connectivity index (χ2v) is 5.97. The van der Waals surface area contributed by atoms with Gasteiger partial charge in [0.2, 0.25) is 0 Å². The van der Waals surface area contributed by atoms with Crippen LogP contribution in [0.25, 0.3) is 0 Å². The van der Waals surface area contributed by atoms with E-state index in [2.05, 4.69) is 50.2 Å². The maximum Gasteiger partial charge on any atom is 0.0848 e. The van der Waals surface area contributed by atoms with E-state index in [0.717, 1.165) is 49.0 Å². The topological polar surface area (TPSA) is 60.8 Å². The zero-order valence-electron chi connectivity index (χ0n) is 12.2. The molecule has 0 spiro atoms. The minimum Gasteiger partial charge on any atom is -0.382 e. The van der Waals surface area contributed by atoms with Crippen LogP contribution in [0.4, 0.5) is 22.7 Å². The summed E-state index contributed by atoms with van der Waals surface area (Å²) < 4.78 is 0. The van der Waals surface area contributed by atoms with Gasteiger partial charge in [-0.25, -0.2) is 0 Å². The zero-order valence-corrected chi connectivity index (χ0v) is 12.2. The molecule has 2 aromatic carbocycles. The Kier molecular flexibility index (Phi) is 2.44. The second kappa shape index (κ2) is 4.47. The van der Waals surface area contributed by atoms with Gasteiger partial charge in [0, 0.05) is 30.9 Å². The van der Waals surface area contributed by atoms with Gasteiger partial charge in [0.15, 0.2) is 0 Å². The van der Waals surface area contributed by atoms with Crippen LogP contribution in [0.1, 0.15) is 11.1 Å². The summed E-state index contributed by atoms with van der Waals surface area (Å²) in [5.74, 6) is 0. The largest absolute Gasteiger partial charge is 0.382 e. The normalized spacial score (nSPS) is 17.1. The van der Waals surface area contributed by atoms with Crippen molar-refractivity contribution in [2.24, 2.45) is 9.98 Å². The summed E-state index contributed by atoms with van der Waals surface area (Å²) in [4.78, 5) is 9.15. The number of hydrogen-bond donors (Lipinski definition) is 3. The van der Waals surface area contributed by atoms with Gasteiger partial charge in [-0.05, 0) is 35.4 Å². The molecule has 0 radical (unpaired) electrons. The molecule has 3 aliphatic heterocycles. The molecular formula is C17H17N5. The van der Waals surface area contributed by atoms with E-state index in [0.29, 0.717) is 0 Å². The van der Waals surface area contributed by atoms with Gasteiger partial charge < -0.3 is 16.0 Å². The molecule has 0 aromatic heterocycles. The van der Waals surface area contributed by atoms with Crippen molar-refractivity contribution in [3.63, 3.8) is 0 Å². The Labute approximate surface area is 128 Å². The number of benzene rings is 2.